The minimum Gasteiger partial charge on any atom is -0.394 e. The lowest BCUT2D eigenvalue weighted by atomic mass is 10.1. The van der Waals surface area contributed by atoms with Crippen LogP contribution < -0.4 is 10.6 Å². The molecule has 9 atom stereocenters. The van der Waals surface area contributed by atoms with Crippen LogP contribution in [0, 0.1) is 0 Å². The van der Waals surface area contributed by atoms with Crippen LogP contribution in [0.3, 0.4) is 0 Å². The zero-order chi connectivity index (χ0) is 34.4. The summed E-state index contributed by atoms with van der Waals surface area (Å²) in [6.45, 7) is -0.736. The van der Waals surface area contributed by atoms with Gasteiger partial charge in [-0.05, 0) is 6.92 Å². The molecule has 0 aromatic heterocycles. The standard InChI is InChI=1S/C25H44N3O16PS/c1-14(30)21(35)15(31)13-41-25-22(36)23(16(12-29)43-25)44-45(38,39)42-9-8-40-7-5-27-19(33)3-6-28-20(34)11-17(24(28)37)46-10-4-18(32)26-2/h14-17,21-23,25,29-31,35-36H,3-13H2,1-2H3,(H,26,32)(H,27,33)(H,38,39)/t14?,15?,16-,17?,21?,22?,23+,25-/m1/s1. The molecule has 0 spiro atoms. The number of likely N-dealkylation sites (tertiary alicyclic amines) is 1. The summed E-state index contributed by atoms with van der Waals surface area (Å²) in [5.41, 5.74) is 0. The van der Waals surface area contributed by atoms with Crippen molar-refractivity contribution in [3.63, 3.8) is 0 Å². The number of hydrogen-bond acceptors (Lipinski definition) is 16. The maximum Gasteiger partial charge on any atom is 0.472 e. The summed E-state index contributed by atoms with van der Waals surface area (Å²) in [5, 5.41) is 53.1. The number of carbonyl (C=O) groups excluding carboxylic acids is 4. The van der Waals surface area contributed by atoms with Crippen LogP contribution in [0.25, 0.3) is 0 Å². The van der Waals surface area contributed by atoms with E-state index >= 15 is 0 Å². The van der Waals surface area contributed by atoms with Crippen LogP contribution in [0.1, 0.15) is 26.2 Å². The van der Waals surface area contributed by atoms with Crippen molar-refractivity contribution in [1.29, 1.82) is 0 Å². The first-order valence-electron chi connectivity index (χ1n) is 14.5. The van der Waals surface area contributed by atoms with E-state index in [9.17, 15) is 54.2 Å². The second-order valence-corrected chi connectivity index (χ2v) is 13.0. The molecule has 0 radical (unpaired) electrons. The van der Waals surface area contributed by atoms with E-state index in [4.69, 9.17) is 23.3 Å². The molecule has 0 saturated carbocycles. The molecule has 266 valence electrons. The maximum atomic E-state index is 12.5. The number of phosphoric acid groups is 1. The molecule has 19 nitrogen and oxygen atoms in total. The van der Waals surface area contributed by atoms with Gasteiger partial charge in [-0.15, -0.1) is 11.8 Å². The van der Waals surface area contributed by atoms with Crippen LogP contribution >= 0.6 is 19.6 Å². The number of carbonyl (C=O) groups is 4. The molecule has 2 saturated heterocycles. The fourth-order valence-electron chi connectivity index (χ4n) is 4.23. The number of hydrogen-bond donors (Lipinski definition) is 8. The Balaban J connectivity index is 1.62. The van der Waals surface area contributed by atoms with Gasteiger partial charge in [-0.2, -0.15) is 0 Å². The number of aliphatic hydroxyl groups excluding tert-OH is 5. The molecule has 2 rings (SSSR count). The Morgan fingerprint density at radius 2 is 1.87 bits per heavy atom. The molecule has 2 fully saturated rings. The zero-order valence-corrected chi connectivity index (χ0v) is 27.2. The van der Waals surface area contributed by atoms with Gasteiger partial charge in [0.15, 0.2) is 6.29 Å². The Hall–Kier alpha value is -1.78. The molecule has 8 N–H and O–H groups in total. The van der Waals surface area contributed by atoms with Gasteiger partial charge >= 0.3 is 7.82 Å². The van der Waals surface area contributed by atoms with E-state index in [1.54, 1.807) is 0 Å². The van der Waals surface area contributed by atoms with Crippen LogP contribution in [-0.2, 0) is 47.0 Å². The van der Waals surface area contributed by atoms with Crippen molar-refractivity contribution in [2.45, 2.75) is 74.3 Å². The number of ether oxygens (including phenoxy) is 3. The minimum atomic E-state index is -4.80. The molecule has 0 aromatic carbocycles. The highest BCUT2D eigenvalue weighted by molar-refractivity contribution is 8.00. The van der Waals surface area contributed by atoms with E-state index in [1.165, 1.54) is 25.7 Å². The molecule has 2 aliphatic rings. The summed E-state index contributed by atoms with van der Waals surface area (Å²) >= 11 is 1.22. The Kier molecular flexibility index (Phi) is 17.5. The van der Waals surface area contributed by atoms with Gasteiger partial charge in [0.1, 0.15) is 30.5 Å². The van der Waals surface area contributed by atoms with Gasteiger partial charge in [0, 0.05) is 45.2 Å². The molecule has 46 heavy (non-hydrogen) atoms. The Morgan fingerprint density at radius 3 is 2.52 bits per heavy atom. The number of amides is 4. The number of nitrogens with zero attached hydrogens (tertiary/aromatic N) is 1. The quantitative estimate of drug-likeness (QED) is 0.0305. The molecule has 6 unspecified atom stereocenters. The number of rotatable bonds is 22. The van der Waals surface area contributed by atoms with Gasteiger partial charge in [-0.1, -0.05) is 0 Å². The van der Waals surface area contributed by atoms with Crippen molar-refractivity contribution in [1.82, 2.24) is 15.5 Å². The zero-order valence-electron chi connectivity index (χ0n) is 25.5. The predicted octanol–water partition coefficient (Wildman–Crippen LogP) is -3.79. The van der Waals surface area contributed by atoms with Gasteiger partial charge in [0.05, 0.1) is 44.4 Å². The number of nitrogens with one attached hydrogen (secondary N) is 2. The number of imide groups is 1. The molecular weight excluding hydrogens is 661 g/mol. The highest BCUT2D eigenvalue weighted by atomic mass is 32.2. The first kappa shape index (κ1) is 40.4. The summed E-state index contributed by atoms with van der Waals surface area (Å²) in [5.74, 6) is -0.999. The second-order valence-electron chi connectivity index (χ2n) is 10.3. The van der Waals surface area contributed by atoms with Crippen molar-refractivity contribution in [2.24, 2.45) is 0 Å². The topological polar surface area (TPSA) is 280 Å². The molecule has 0 aromatic rings. The first-order chi connectivity index (χ1) is 21.7. The summed E-state index contributed by atoms with van der Waals surface area (Å²) in [6.07, 6.45) is -10.3. The van der Waals surface area contributed by atoms with Crippen molar-refractivity contribution in [2.75, 3.05) is 58.9 Å². The van der Waals surface area contributed by atoms with Crippen molar-refractivity contribution < 1.29 is 77.4 Å². The van der Waals surface area contributed by atoms with E-state index in [1.807, 2.05) is 0 Å². The van der Waals surface area contributed by atoms with E-state index in [2.05, 4.69) is 10.6 Å². The minimum absolute atomic E-state index is 0.00624. The molecular formula is C25H44N3O16PS. The van der Waals surface area contributed by atoms with Gasteiger partial charge in [-0.3, -0.25) is 33.1 Å². The lowest BCUT2D eigenvalue weighted by Crippen LogP contribution is -2.41. The third kappa shape index (κ3) is 13.0. The van der Waals surface area contributed by atoms with Crippen LogP contribution in [0.15, 0.2) is 0 Å². The van der Waals surface area contributed by atoms with E-state index in [0.29, 0.717) is 5.75 Å². The summed E-state index contributed by atoms with van der Waals surface area (Å²) in [4.78, 5) is 59.2. The summed E-state index contributed by atoms with van der Waals surface area (Å²) in [7, 11) is -3.29. The Morgan fingerprint density at radius 1 is 1.15 bits per heavy atom. The van der Waals surface area contributed by atoms with Crippen LogP contribution in [0.4, 0.5) is 0 Å². The maximum absolute atomic E-state index is 12.5. The highest BCUT2D eigenvalue weighted by Gasteiger charge is 2.48. The smallest absolute Gasteiger partial charge is 0.394 e. The van der Waals surface area contributed by atoms with Gasteiger partial charge in [0.2, 0.25) is 23.6 Å². The number of aliphatic hydroxyl groups is 5. The van der Waals surface area contributed by atoms with Crippen LogP contribution in [0.5, 0.6) is 0 Å². The molecule has 2 aliphatic heterocycles. The van der Waals surface area contributed by atoms with E-state index in [0.717, 1.165) is 4.90 Å². The summed E-state index contributed by atoms with van der Waals surface area (Å²) < 4.78 is 37.8. The first-order valence-corrected chi connectivity index (χ1v) is 17.0. The van der Waals surface area contributed by atoms with Crippen molar-refractivity contribution >= 4 is 43.2 Å². The Labute approximate surface area is 269 Å². The highest BCUT2D eigenvalue weighted by Crippen LogP contribution is 2.47. The molecule has 2 heterocycles. The largest absolute Gasteiger partial charge is 0.472 e. The van der Waals surface area contributed by atoms with Crippen molar-refractivity contribution in [3.05, 3.63) is 0 Å². The third-order valence-corrected chi connectivity index (χ3v) is 9.02. The predicted molar refractivity (Wildman–Crippen MR) is 157 cm³/mol. The fraction of sp³-hybridized carbons (Fsp3) is 0.840. The lowest BCUT2D eigenvalue weighted by molar-refractivity contribution is -0.192. The normalized spacial score (nSPS) is 26.5. The van der Waals surface area contributed by atoms with Gasteiger partial charge in [-0.25, -0.2) is 4.57 Å². The third-order valence-electron chi connectivity index (χ3n) is 6.79. The summed E-state index contributed by atoms with van der Waals surface area (Å²) in [6, 6.07) is 0. The molecule has 21 heteroatoms. The molecule has 0 aliphatic carbocycles. The van der Waals surface area contributed by atoms with Gasteiger partial charge in [0.25, 0.3) is 0 Å². The van der Waals surface area contributed by atoms with Crippen molar-refractivity contribution in [3.8, 4) is 0 Å². The van der Waals surface area contributed by atoms with Crippen LogP contribution in [-0.4, -0.2) is 166 Å². The fourth-order valence-corrected chi connectivity index (χ4v) is 6.28. The number of thioether (sulfide) groups is 1. The van der Waals surface area contributed by atoms with Crippen LogP contribution in [0.2, 0.25) is 0 Å². The molecule has 4 amide bonds. The van der Waals surface area contributed by atoms with Gasteiger partial charge < -0.3 is 55.3 Å². The van der Waals surface area contributed by atoms with E-state index in [-0.39, 0.29) is 57.4 Å². The Bertz CT molecular complexity index is 1060. The van der Waals surface area contributed by atoms with E-state index < -0.39 is 87.6 Å². The average Bonchev–Trinajstić information content (AvgIpc) is 3.45. The SMILES string of the molecule is CNC(=O)CCSC1CC(=O)N(CCC(=O)NCCOCCOP(=O)(O)O[C@@H]2C(O)[C@H](OCC(O)C(O)C(C)O)O[C@@H]2CO)C1=O. The number of phosphoric ester groups is 1. The lowest BCUT2D eigenvalue weighted by Gasteiger charge is -2.23. The second kappa shape index (κ2) is 19.9. The average molecular weight is 706 g/mol. The molecule has 0 bridgehead atoms. The monoisotopic (exact) mass is 705 g/mol.